The molecule has 108 valence electrons. The van der Waals surface area contributed by atoms with Crippen molar-refractivity contribution < 1.29 is 4.74 Å². The van der Waals surface area contributed by atoms with Crippen LogP contribution in [0.3, 0.4) is 0 Å². The highest BCUT2D eigenvalue weighted by atomic mass is 16.5. The Bertz CT molecular complexity index is 385. The monoisotopic (exact) mass is 266 g/mol. The number of nitrogens with one attached hydrogen (secondary N) is 1. The average Bonchev–Trinajstić information content (AvgIpc) is 3.04. The number of aryl methyl sites for hydroxylation is 2. The summed E-state index contributed by atoms with van der Waals surface area (Å²) in [6.45, 7) is 5.95. The minimum atomic E-state index is 0.183. The summed E-state index contributed by atoms with van der Waals surface area (Å²) in [4.78, 5) is 0. The first-order valence-electron chi connectivity index (χ1n) is 7.36. The van der Waals surface area contributed by atoms with E-state index in [1.807, 2.05) is 11.6 Å². The van der Waals surface area contributed by atoms with E-state index in [9.17, 15) is 0 Å². The van der Waals surface area contributed by atoms with E-state index in [0.717, 1.165) is 38.1 Å². The molecule has 1 aliphatic rings. The van der Waals surface area contributed by atoms with Crippen molar-refractivity contribution in [3.05, 3.63) is 17.5 Å². The number of aromatic nitrogens is 2. The van der Waals surface area contributed by atoms with Crippen molar-refractivity contribution in [3.63, 3.8) is 0 Å². The fourth-order valence-corrected chi connectivity index (χ4v) is 2.84. The third-order valence-electron chi connectivity index (χ3n) is 3.83. The third-order valence-corrected chi connectivity index (χ3v) is 3.83. The molecule has 0 spiro atoms. The molecule has 5 heteroatoms. The van der Waals surface area contributed by atoms with Crippen LogP contribution in [0.1, 0.15) is 56.5 Å². The van der Waals surface area contributed by atoms with Gasteiger partial charge >= 0.3 is 0 Å². The summed E-state index contributed by atoms with van der Waals surface area (Å²) in [6.07, 6.45) is 6.20. The molecule has 2 rings (SSSR count). The summed E-state index contributed by atoms with van der Waals surface area (Å²) in [5, 5.41) is 4.48. The average molecular weight is 266 g/mol. The molecule has 0 saturated carbocycles. The maximum atomic E-state index is 5.71. The van der Waals surface area contributed by atoms with Crippen LogP contribution < -0.4 is 11.3 Å². The van der Waals surface area contributed by atoms with Crippen molar-refractivity contribution in [3.8, 4) is 0 Å². The highest BCUT2D eigenvalue weighted by Crippen LogP contribution is 2.23. The third kappa shape index (κ3) is 3.78. The van der Waals surface area contributed by atoms with Crippen LogP contribution >= 0.6 is 0 Å². The highest BCUT2D eigenvalue weighted by Gasteiger charge is 2.18. The van der Waals surface area contributed by atoms with Gasteiger partial charge in [-0.15, -0.1) is 0 Å². The molecule has 0 aliphatic carbocycles. The zero-order chi connectivity index (χ0) is 13.7. The predicted octanol–water partition coefficient (Wildman–Crippen LogP) is 2.07. The first kappa shape index (κ1) is 14.5. The minimum absolute atomic E-state index is 0.183. The Morgan fingerprint density at radius 3 is 3.11 bits per heavy atom. The van der Waals surface area contributed by atoms with E-state index in [2.05, 4.69) is 23.5 Å². The molecule has 5 nitrogen and oxygen atoms in total. The maximum absolute atomic E-state index is 5.71. The fraction of sp³-hybridized carbons (Fsp3) is 0.786. The largest absolute Gasteiger partial charge is 0.378 e. The van der Waals surface area contributed by atoms with E-state index >= 15 is 0 Å². The zero-order valence-corrected chi connectivity index (χ0v) is 12.1. The highest BCUT2D eigenvalue weighted by molar-refractivity contribution is 5.13. The van der Waals surface area contributed by atoms with Crippen LogP contribution in [0.15, 0.2) is 6.07 Å². The van der Waals surface area contributed by atoms with E-state index in [-0.39, 0.29) is 6.04 Å². The van der Waals surface area contributed by atoms with Crippen LogP contribution in [0.2, 0.25) is 0 Å². The normalized spacial score (nSPS) is 20.9. The number of ether oxygens (including phenoxy) is 1. The van der Waals surface area contributed by atoms with Crippen molar-refractivity contribution in [1.29, 1.82) is 0 Å². The summed E-state index contributed by atoms with van der Waals surface area (Å²) in [7, 11) is 0. The lowest BCUT2D eigenvalue weighted by Crippen LogP contribution is -2.30. The van der Waals surface area contributed by atoms with Crippen LogP contribution in [0.25, 0.3) is 0 Å². The van der Waals surface area contributed by atoms with Crippen molar-refractivity contribution in [2.24, 2.45) is 5.84 Å². The lowest BCUT2D eigenvalue weighted by atomic mass is 10.0. The molecular formula is C14H26N4O. The van der Waals surface area contributed by atoms with Gasteiger partial charge in [-0.1, -0.05) is 0 Å². The molecule has 0 bridgehead atoms. The quantitative estimate of drug-likeness (QED) is 0.586. The van der Waals surface area contributed by atoms with Gasteiger partial charge in [0.1, 0.15) is 0 Å². The number of nitrogens with two attached hydrogens (primary N) is 1. The van der Waals surface area contributed by atoms with Gasteiger partial charge < -0.3 is 4.74 Å². The number of hydrogen-bond acceptors (Lipinski definition) is 4. The topological polar surface area (TPSA) is 65.1 Å². The summed E-state index contributed by atoms with van der Waals surface area (Å²) >= 11 is 0. The Balaban J connectivity index is 1.87. The van der Waals surface area contributed by atoms with Crippen LogP contribution in [-0.2, 0) is 11.3 Å². The van der Waals surface area contributed by atoms with E-state index in [1.165, 1.54) is 18.5 Å². The second kappa shape index (κ2) is 7.03. The van der Waals surface area contributed by atoms with Gasteiger partial charge in [0, 0.05) is 13.2 Å². The van der Waals surface area contributed by atoms with Crippen molar-refractivity contribution in [2.45, 2.75) is 64.6 Å². The van der Waals surface area contributed by atoms with Gasteiger partial charge in [0.15, 0.2) is 0 Å². The Morgan fingerprint density at radius 1 is 1.63 bits per heavy atom. The zero-order valence-electron chi connectivity index (χ0n) is 12.1. The van der Waals surface area contributed by atoms with Gasteiger partial charge in [0.2, 0.25) is 0 Å². The van der Waals surface area contributed by atoms with Gasteiger partial charge in [-0.2, -0.15) is 5.10 Å². The van der Waals surface area contributed by atoms with Gasteiger partial charge in [0.25, 0.3) is 0 Å². The van der Waals surface area contributed by atoms with E-state index in [4.69, 9.17) is 10.6 Å². The Kier molecular flexibility index (Phi) is 5.36. The van der Waals surface area contributed by atoms with Gasteiger partial charge in [-0.05, 0) is 52.0 Å². The van der Waals surface area contributed by atoms with E-state index in [1.54, 1.807) is 0 Å². The molecule has 2 heterocycles. The molecule has 0 radical (unpaired) electrons. The second-order valence-corrected chi connectivity index (χ2v) is 5.31. The van der Waals surface area contributed by atoms with Crippen LogP contribution in [0.4, 0.5) is 0 Å². The number of hydrogen-bond donors (Lipinski definition) is 2. The maximum Gasteiger partial charge on any atom is 0.0629 e. The van der Waals surface area contributed by atoms with Crippen molar-refractivity contribution >= 4 is 0 Å². The number of rotatable bonds is 7. The summed E-state index contributed by atoms with van der Waals surface area (Å²) < 4.78 is 7.69. The Labute approximate surface area is 115 Å². The molecule has 0 amide bonds. The van der Waals surface area contributed by atoms with Gasteiger partial charge in [-0.25, -0.2) is 0 Å². The second-order valence-electron chi connectivity index (χ2n) is 5.31. The molecule has 0 aromatic carbocycles. The molecular weight excluding hydrogens is 240 g/mol. The Hall–Kier alpha value is -0.910. The van der Waals surface area contributed by atoms with Crippen molar-refractivity contribution in [2.75, 3.05) is 6.61 Å². The summed E-state index contributed by atoms with van der Waals surface area (Å²) in [6, 6.07) is 2.31. The van der Waals surface area contributed by atoms with Gasteiger partial charge in [-0.3, -0.25) is 16.0 Å². The van der Waals surface area contributed by atoms with Crippen LogP contribution in [0, 0.1) is 6.92 Å². The van der Waals surface area contributed by atoms with Crippen LogP contribution in [0.5, 0.6) is 0 Å². The van der Waals surface area contributed by atoms with Crippen LogP contribution in [-0.4, -0.2) is 22.5 Å². The lowest BCUT2D eigenvalue weighted by molar-refractivity contribution is 0.101. The number of hydrazine groups is 1. The molecule has 3 N–H and O–H groups in total. The molecule has 19 heavy (non-hydrogen) atoms. The molecule has 2 atom stereocenters. The van der Waals surface area contributed by atoms with Gasteiger partial charge in [0.05, 0.1) is 23.5 Å². The first-order valence-corrected chi connectivity index (χ1v) is 7.36. The Morgan fingerprint density at radius 2 is 2.47 bits per heavy atom. The smallest absolute Gasteiger partial charge is 0.0629 e. The number of nitrogens with zero attached hydrogens (tertiary/aromatic N) is 2. The molecule has 1 saturated heterocycles. The van der Waals surface area contributed by atoms with Crippen molar-refractivity contribution in [1.82, 2.24) is 15.2 Å². The van der Waals surface area contributed by atoms with E-state index < -0.39 is 0 Å². The minimum Gasteiger partial charge on any atom is -0.378 e. The SMILES string of the molecule is CCn1nc(C)cc1C(CCCC1CCCO1)NN. The van der Waals surface area contributed by atoms with E-state index in [0.29, 0.717) is 6.10 Å². The summed E-state index contributed by atoms with van der Waals surface area (Å²) in [5.41, 5.74) is 5.17. The molecule has 1 aliphatic heterocycles. The first-order chi connectivity index (χ1) is 9.24. The standard InChI is InChI=1S/C14H26N4O/c1-3-18-14(10-11(2)17-18)13(16-15)8-4-6-12-7-5-9-19-12/h10,12-13,16H,3-9,15H2,1-2H3. The lowest BCUT2D eigenvalue weighted by Gasteiger charge is -2.18. The predicted molar refractivity (Wildman–Crippen MR) is 75.5 cm³/mol. The molecule has 1 aromatic rings. The molecule has 1 fully saturated rings. The molecule has 1 aromatic heterocycles. The molecule has 2 unspecified atom stereocenters. The fourth-order valence-electron chi connectivity index (χ4n) is 2.84. The summed E-state index contributed by atoms with van der Waals surface area (Å²) in [5.74, 6) is 5.71.